The SMILES string of the molecule is CCCCCCCCn1c(=O)c(O)c(OCCCC)c2ccc(OC)cc21. The van der Waals surface area contributed by atoms with Crippen LogP contribution in [0.2, 0.25) is 0 Å². The molecule has 1 N–H and O–H groups in total. The highest BCUT2D eigenvalue weighted by Gasteiger charge is 2.18. The second-order valence-corrected chi connectivity index (χ2v) is 6.99. The summed E-state index contributed by atoms with van der Waals surface area (Å²) in [6, 6.07) is 5.53. The van der Waals surface area contributed by atoms with E-state index in [9.17, 15) is 9.90 Å². The quantitative estimate of drug-likeness (QED) is 0.514. The first-order chi connectivity index (χ1) is 13.1. The summed E-state index contributed by atoms with van der Waals surface area (Å²) >= 11 is 0. The maximum atomic E-state index is 12.8. The third-order valence-corrected chi connectivity index (χ3v) is 4.88. The summed E-state index contributed by atoms with van der Waals surface area (Å²) < 4.78 is 12.8. The second-order valence-electron chi connectivity index (χ2n) is 6.99. The maximum absolute atomic E-state index is 12.8. The molecule has 1 heterocycles. The predicted molar refractivity (Wildman–Crippen MR) is 110 cm³/mol. The van der Waals surface area contributed by atoms with Crippen LogP contribution in [0.4, 0.5) is 0 Å². The lowest BCUT2D eigenvalue weighted by atomic mass is 10.1. The van der Waals surface area contributed by atoms with E-state index in [0.29, 0.717) is 18.9 Å². The van der Waals surface area contributed by atoms with Crippen LogP contribution in [0.1, 0.15) is 65.2 Å². The maximum Gasteiger partial charge on any atom is 0.297 e. The number of methoxy groups -OCH3 is 1. The minimum Gasteiger partial charge on any atom is -0.500 e. The Morgan fingerprint density at radius 3 is 2.41 bits per heavy atom. The molecule has 2 aromatic rings. The number of hydrogen-bond acceptors (Lipinski definition) is 4. The molecule has 0 spiro atoms. The number of benzene rings is 1. The zero-order valence-electron chi connectivity index (χ0n) is 16.9. The number of nitrogens with zero attached hydrogens (tertiary/aromatic N) is 1. The van der Waals surface area contributed by atoms with Crippen LogP contribution >= 0.6 is 0 Å². The van der Waals surface area contributed by atoms with Crippen molar-refractivity contribution < 1.29 is 14.6 Å². The van der Waals surface area contributed by atoms with Gasteiger partial charge in [0.1, 0.15) is 5.75 Å². The molecule has 0 bridgehead atoms. The van der Waals surface area contributed by atoms with Gasteiger partial charge in [0.05, 0.1) is 19.2 Å². The van der Waals surface area contributed by atoms with Crippen molar-refractivity contribution >= 4 is 10.9 Å². The van der Waals surface area contributed by atoms with Gasteiger partial charge in [0.15, 0.2) is 5.75 Å². The van der Waals surface area contributed by atoms with E-state index in [-0.39, 0.29) is 11.5 Å². The van der Waals surface area contributed by atoms with Gasteiger partial charge in [-0.2, -0.15) is 0 Å². The highest BCUT2D eigenvalue weighted by atomic mass is 16.5. The zero-order chi connectivity index (χ0) is 19.6. The van der Waals surface area contributed by atoms with Gasteiger partial charge in [-0.25, -0.2) is 0 Å². The van der Waals surface area contributed by atoms with Crippen molar-refractivity contribution in [1.82, 2.24) is 4.57 Å². The van der Waals surface area contributed by atoms with Crippen molar-refractivity contribution in [2.24, 2.45) is 0 Å². The van der Waals surface area contributed by atoms with E-state index < -0.39 is 5.56 Å². The number of rotatable bonds is 12. The second kappa shape index (κ2) is 10.9. The number of hydrogen-bond donors (Lipinski definition) is 1. The molecule has 5 heteroatoms. The highest BCUT2D eigenvalue weighted by molar-refractivity contribution is 5.88. The molecule has 2 rings (SSSR count). The summed E-state index contributed by atoms with van der Waals surface area (Å²) in [6.45, 7) is 5.33. The Bertz CT molecular complexity index is 782. The first-order valence-electron chi connectivity index (χ1n) is 10.2. The average molecular weight is 376 g/mol. The van der Waals surface area contributed by atoms with Crippen molar-refractivity contribution in [3.63, 3.8) is 0 Å². The first kappa shape index (κ1) is 21.1. The predicted octanol–water partition coefficient (Wildman–Crippen LogP) is 5.26. The van der Waals surface area contributed by atoms with Crippen LogP contribution in [0.25, 0.3) is 10.9 Å². The lowest BCUT2D eigenvalue weighted by molar-refractivity contribution is 0.293. The van der Waals surface area contributed by atoms with Crippen molar-refractivity contribution in [2.75, 3.05) is 13.7 Å². The number of ether oxygens (including phenoxy) is 2. The Labute approximate surface area is 161 Å². The van der Waals surface area contributed by atoms with Gasteiger partial charge in [-0.15, -0.1) is 0 Å². The third kappa shape index (κ3) is 5.41. The molecule has 150 valence electrons. The molecule has 0 aliphatic carbocycles. The van der Waals surface area contributed by atoms with E-state index in [2.05, 4.69) is 13.8 Å². The molecule has 27 heavy (non-hydrogen) atoms. The fourth-order valence-electron chi connectivity index (χ4n) is 3.25. The van der Waals surface area contributed by atoms with Crippen molar-refractivity contribution in [1.29, 1.82) is 0 Å². The van der Waals surface area contributed by atoms with Crippen LogP contribution < -0.4 is 15.0 Å². The Morgan fingerprint density at radius 2 is 1.70 bits per heavy atom. The molecule has 1 aromatic heterocycles. The number of unbranched alkanes of at least 4 members (excludes halogenated alkanes) is 6. The number of fused-ring (bicyclic) bond motifs is 1. The van der Waals surface area contributed by atoms with E-state index >= 15 is 0 Å². The number of pyridine rings is 1. The number of aromatic hydroxyl groups is 1. The number of aromatic nitrogens is 1. The smallest absolute Gasteiger partial charge is 0.297 e. The van der Waals surface area contributed by atoms with Gasteiger partial charge in [-0.05, 0) is 25.0 Å². The van der Waals surface area contributed by atoms with Crippen LogP contribution in [-0.2, 0) is 6.54 Å². The van der Waals surface area contributed by atoms with E-state index in [1.807, 2.05) is 18.2 Å². The lowest BCUT2D eigenvalue weighted by Gasteiger charge is -2.16. The monoisotopic (exact) mass is 375 g/mol. The molecular weight excluding hydrogens is 342 g/mol. The molecule has 0 aliphatic rings. The Kier molecular flexibility index (Phi) is 8.49. The molecule has 0 amide bonds. The van der Waals surface area contributed by atoms with Gasteiger partial charge in [-0.3, -0.25) is 4.79 Å². The molecule has 0 radical (unpaired) electrons. The number of aryl methyl sites for hydroxylation is 1. The summed E-state index contributed by atoms with van der Waals surface area (Å²) in [6.07, 6.45) is 8.73. The fourth-order valence-corrected chi connectivity index (χ4v) is 3.25. The molecule has 0 saturated heterocycles. The van der Waals surface area contributed by atoms with Crippen LogP contribution in [-0.4, -0.2) is 23.4 Å². The largest absolute Gasteiger partial charge is 0.500 e. The molecule has 0 atom stereocenters. The van der Waals surface area contributed by atoms with Gasteiger partial charge in [0.2, 0.25) is 5.75 Å². The molecular formula is C22H33NO4. The van der Waals surface area contributed by atoms with Gasteiger partial charge >= 0.3 is 0 Å². The molecule has 1 aromatic carbocycles. The van der Waals surface area contributed by atoms with Crippen LogP contribution in [0.5, 0.6) is 17.2 Å². The zero-order valence-corrected chi connectivity index (χ0v) is 16.9. The van der Waals surface area contributed by atoms with Crippen LogP contribution in [0.15, 0.2) is 23.0 Å². The molecule has 0 fully saturated rings. The summed E-state index contributed by atoms with van der Waals surface area (Å²) in [7, 11) is 1.61. The van der Waals surface area contributed by atoms with Crippen molar-refractivity contribution in [3.05, 3.63) is 28.6 Å². The minimum atomic E-state index is -0.393. The summed E-state index contributed by atoms with van der Waals surface area (Å²) in [4.78, 5) is 12.8. The van der Waals surface area contributed by atoms with E-state index in [1.54, 1.807) is 11.7 Å². The van der Waals surface area contributed by atoms with Crippen LogP contribution in [0.3, 0.4) is 0 Å². The standard InChI is InChI=1S/C22H33NO4/c1-4-6-8-9-10-11-14-23-19-16-17(26-3)12-13-18(19)21(20(24)22(23)25)27-15-7-5-2/h12-13,16,24H,4-11,14-15H2,1-3H3. The normalized spacial score (nSPS) is 11.1. The van der Waals surface area contributed by atoms with Gasteiger partial charge < -0.3 is 19.1 Å². The minimum absolute atomic E-state index is 0.283. The molecule has 0 unspecified atom stereocenters. The van der Waals surface area contributed by atoms with Gasteiger partial charge in [0, 0.05) is 18.0 Å². The molecule has 5 nitrogen and oxygen atoms in total. The topological polar surface area (TPSA) is 60.7 Å². The molecule has 0 saturated carbocycles. The Hall–Kier alpha value is -2.17. The van der Waals surface area contributed by atoms with Gasteiger partial charge in [0.25, 0.3) is 5.56 Å². The van der Waals surface area contributed by atoms with Crippen LogP contribution in [0, 0.1) is 0 Å². The molecule has 0 aliphatic heterocycles. The summed E-state index contributed by atoms with van der Waals surface area (Å²) in [5.74, 6) is 0.670. The summed E-state index contributed by atoms with van der Waals surface area (Å²) in [5, 5.41) is 11.2. The van der Waals surface area contributed by atoms with E-state index in [4.69, 9.17) is 9.47 Å². The van der Waals surface area contributed by atoms with E-state index in [1.165, 1.54) is 25.7 Å². The lowest BCUT2D eigenvalue weighted by Crippen LogP contribution is -2.21. The highest BCUT2D eigenvalue weighted by Crippen LogP contribution is 2.34. The summed E-state index contributed by atoms with van der Waals surface area (Å²) in [5.41, 5.74) is 0.355. The third-order valence-electron chi connectivity index (χ3n) is 4.88. The van der Waals surface area contributed by atoms with Crippen molar-refractivity contribution in [3.8, 4) is 17.2 Å². The Morgan fingerprint density at radius 1 is 1.00 bits per heavy atom. The van der Waals surface area contributed by atoms with Gasteiger partial charge in [-0.1, -0.05) is 52.4 Å². The average Bonchev–Trinajstić information content (AvgIpc) is 2.69. The Balaban J connectivity index is 2.33. The first-order valence-corrected chi connectivity index (χ1v) is 10.2. The van der Waals surface area contributed by atoms with Crippen molar-refractivity contribution in [2.45, 2.75) is 71.8 Å². The fraction of sp³-hybridized carbons (Fsp3) is 0.591. The van der Waals surface area contributed by atoms with E-state index in [0.717, 1.165) is 36.6 Å².